The van der Waals surface area contributed by atoms with Gasteiger partial charge in [-0.05, 0) is 75.4 Å². The molecule has 0 aliphatic rings. The average Bonchev–Trinajstić information content (AvgIpc) is 3.19. The second-order valence-electron chi connectivity index (χ2n) is 9.42. The molecule has 3 aromatic carbocycles. The summed E-state index contributed by atoms with van der Waals surface area (Å²) in [6.07, 6.45) is -3.46. The lowest BCUT2D eigenvalue weighted by Crippen LogP contribution is -2.39. The van der Waals surface area contributed by atoms with E-state index in [2.05, 4.69) is 10.5 Å². The van der Waals surface area contributed by atoms with Gasteiger partial charge in [0.2, 0.25) is 0 Å². The minimum atomic E-state index is -4.85. The summed E-state index contributed by atoms with van der Waals surface area (Å²) < 4.78 is 70.4. The van der Waals surface area contributed by atoms with Crippen LogP contribution in [-0.4, -0.2) is 31.7 Å². The van der Waals surface area contributed by atoms with Crippen molar-refractivity contribution in [2.24, 2.45) is 5.10 Å². The average molecular weight is 638 g/mol. The maximum absolute atomic E-state index is 13.6. The summed E-state index contributed by atoms with van der Waals surface area (Å²) >= 11 is 11.9. The normalized spacial score (nSPS) is 12.1. The van der Waals surface area contributed by atoms with Crippen LogP contribution >= 0.6 is 23.2 Å². The number of rotatable bonds is 8. The zero-order chi connectivity index (χ0) is 30.8. The molecule has 0 radical (unpaired) electrons. The number of sulfonamides is 1. The van der Waals surface area contributed by atoms with Gasteiger partial charge in [0.1, 0.15) is 6.54 Å². The molecule has 0 saturated heterocycles. The molecular weight excluding hydrogens is 612 g/mol. The number of hydrazone groups is 1. The highest BCUT2D eigenvalue weighted by Gasteiger charge is 2.35. The number of aryl methyl sites for hydroxylation is 2. The lowest BCUT2D eigenvalue weighted by molar-refractivity contribution is -0.137. The highest BCUT2D eigenvalue weighted by molar-refractivity contribution is 7.92. The number of halogens is 5. The molecule has 1 N–H and O–H groups in total. The van der Waals surface area contributed by atoms with Crippen LogP contribution in [0, 0.1) is 20.8 Å². The van der Waals surface area contributed by atoms with Gasteiger partial charge in [0, 0.05) is 27.7 Å². The maximum atomic E-state index is 13.6. The van der Waals surface area contributed by atoms with Gasteiger partial charge in [0.25, 0.3) is 15.9 Å². The van der Waals surface area contributed by atoms with Crippen molar-refractivity contribution in [1.82, 2.24) is 9.99 Å². The van der Waals surface area contributed by atoms with E-state index in [4.69, 9.17) is 23.2 Å². The number of benzene rings is 3. The van der Waals surface area contributed by atoms with Crippen LogP contribution in [0.2, 0.25) is 10.0 Å². The van der Waals surface area contributed by atoms with Crippen molar-refractivity contribution in [2.45, 2.75) is 31.8 Å². The molecule has 13 heteroatoms. The molecule has 1 heterocycles. The molecule has 0 aliphatic carbocycles. The summed E-state index contributed by atoms with van der Waals surface area (Å²) in [5, 5.41) is 3.92. The highest BCUT2D eigenvalue weighted by atomic mass is 35.5. The Labute approximate surface area is 251 Å². The number of nitrogens with one attached hydrogen (secondary N) is 1. The van der Waals surface area contributed by atoms with Gasteiger partial charge in [-0.3, -0.25) is 9.10 Å². The van der Waals surface area contributed by atoms with E-state index in [-0.39, 0.29) is 4.90 Å². The first-order valence-electron chi connectivity index (χ1n) is 12.4. The quantitative estimate of drug-likeness (QED) is 0.166. The third kappa shape index (κ3) is 6.80. The highest BCUT2D eigenvalue weighted by Crippen LogP contribution is 2.38. The number of aromatic nitrogens is 1. The molecule has 0 saturated carbocycles. The second kappa shape index (κ2) is 12.2. The molecule has 0 atom stereocenters. The smallest absolute Gasteiger partial charge is 0.318 e. The fraction of sp³-hybridized carbons (Fsp3) is 0.172. The zero-order valence-corrected chi connectivity index (χ0v) is 24.9. The summed E-state index contributed by atoms with van der Waals surface area (Å²) in [5.74, 6) is -0.880. The summed E-state index contributed by atoms with van der Waals surface area (Å²) in [6.45, 7) is 4.64. The van der Waals surface area contributed by atoms with Gasteiger partial charge in [-0.2, -0.15) is 18.3 Å². The van der Waals surface area contributed by atoms with E-state index in [1.54, 1.807) is 19.1 Å². The van der Waals surface area contributed by atoms with Crippen LogP contribution in [0.25, 0.3) is 5.69 Å². The van der Waals surface area contributed by atoms with Gasteiger partial charge in [-0.25, -0.2) is 13.8 Å². The lowest BCUT2D eigenvalue weighted by atomic mass is 10.2. The number of anilines is 1. The molecule has 220 valence electrons. The minimum Gasteiger partial charge on any atom is -0.318 e. The first-order valence-corrected chi connectivity index (χ1v) is 14.6. The molecular formula is C29H25Cl2F3N4O3S. The van der Waals surface area contributed by atoms with Crippen LogP contribution in [0.3, 0.4) is 0 Å². The van der Waals surface area contributed by atoms with Gasteiger partial charge in [-0.15, -0.1) is 0 Å². The molecule has 1 aromatic heterocycles. The van der Waals surface area contributed by atoms with Crippen LogP contribution in [0.1, 0.15) is 28.1 Å². The number of amides is 1. The number of carbonyl (C=O) groups is 1. The van der Waals surface area contributed by atoms with Crippen LogP contribution < -0.4 is 9.73 Å². The van der Waals surface area contributed by atoms with Crippen molar-refractivity contribution in [3.8, 4) is 5.69 Å². The van der Waals surface area contributed by atoms with Crippen LogP contribution in [-0.2, 0) is 21.0 Å². The number of hydrogen-bond acceptors (Lipinski definition) is 4. The number of nitrogens with zero attached hydrogens (tertiary/aromatic N) is 3. The predicted octanol–water partition coefficient (Wildman–Crippen LogP) is 7.07. The molecule has 42 heavy (non-hydrogen) atoms. The Morgan fingerprint density at radius 2 is 1.69 bits per heavy atom. The second-order valence-corrected chi connectivity index (χ2v) is 12.1. The van der Waals surface area contributed by atoms with Crippen LogP contribution in [0.5, 0.6) is 0 Å². The van der Waals surface area contributed by atoms with E-state index in [0.29, 0.717) is 21.0 Å². The molecule has 0 unspecified atom stereocenters. The van der Waals surface area contributed by atoms with Crippen molar-refractivity contribution < 1.29 is 26.4 Å². The predicted molar refractivity (Wildman–Crippen MR) is 158 cm³/mol. The van der Waals surface area contributed by atoms with Crippen molar-refractivity contribution in [2.75, 3.05) is 10.8 Å². The largest absolute Gasteiger partial charge is 0.417 e. The van der Waals surface area contributed by atoms with E-state index in [1.165, 1.54) is 30.5 Å². The van der Waals surface area contributed by atoms with Gasteiger partial charge in [0.05, 0.1) is 27.4 Å². The molecule has 0 aliphatic heterocycles. The molecule has 4 aromatic rings. The summed E-state index contributed by atoms with van der Waals surface area (Å²) in [5.41, 5.74) is 4.60. The standard InChI is InChI=1S/C29H25Cl2F3N4O3S/c1-18-7-10-25(11-8-18)42(40,41)37(23-9-12-27(31)26(15-23)29(32,33)34)17-28(39)36-35-16-21-13-19(2)38(20(21)3)24-6-4-5-22(30)14-24/h4-16H,17H2,1-3H3,(H,36,39)/b35-16-. The van der Waals surface area contributed by atoms with Crippen LogP contribution in [0.15, 0.2) is 82.8 Å². The molecule has 1 amide bonds. The molecule has 0 spiro atoms. The van der Waals surface area contributed by atoms with E-state index in [9.17, 15) is 26.4 Å². The SMILES string of the molecule is Cc1ccc(S(=O)(=O)N(CC(=O)N/N=C\c2cc(C)n(-c3cccc(Cl)c3)c2C)c2ccc(Cl)c(C(F)(F)F)c2)cc1. The summed E-state index contributed by atoms with van der Waals surface area (Å²) in [4.78, 5) is 12.7. The lowest BCUT2D eigenvalue weighted by Gasteiger charge is -2.25. The summed E-state index contributed by atoms with van der Waals surface area (Å²) in [7, 11) is -4.47. The molecule has 4 rings (SSSR count). The third-order valence-corrected chi connectivity index (χ3v) is 8.72. The molecule has 7 nitrogen and oxygen atoms in total. The van der Waals surface area contributed by atoms with E-state index in [0.717, 1.165) is 34.8 Å². The van der Waals surface area contributed by atoms with Gasteiger partial charge < -0.3 is 4.57 Å². The van der Waals surface area contributed by atoms with Crippen molar-refractivity contribution in [3.05, 3.63) is 111 Å². The van der Waals surface area contributed by atoms with Gasteiger partial charge in [0.15, 0.2) is 0 Å². The minimum absolute atomic E-state index is 0.207. The third-order valence-electron chi connectivity index (χ3n) is 6.37. The number of carbonyl (C=O) groups excluding carboxylic acids is 1. The molecule has 0 bridgehead atoms. The Kier molecular flexibility index (Phi) is 9.05. The topological polar surface area (TPSA) is 83.8 Å². The van der Waals surface area contributed by atoms with Crippen molar-refractivity contribution >= 4 is 51.0 Å². The van der Waals surface area contributed by atoms with Crippen molar-refractivity contribution in [1.29, 1.82) is 0 Å². The monoisotopic (exact) mass is 636 g/mol. The fourth-order valence-electron chi connectivity index (χ4n) is 4.31. The Morgan fingerprint density at radius 3 is 2.33 bits per heavy atom. The first kappa shape index (κ1) is 31.1. The first-order chi connectivity index (χ1) is 19.7. The summed E-state index contributed by atoms with van der Waals surface area (Å²) in [6, 6.07) is 17.4. The Balaban J connectivity index is 1.62. The van der Waals surface area contributed by atoms with E-state index in [1.807, 2.05) is 36.6 Å². The molecule has 0 fully saturated rings. The maximum Gasteiger partial charge on any atom is 0.417 e. The van der Waals surface area contributed by atoms with Crippen LogP contribution in [0.4, 0.5) is 18.9 Å². The number of hydrogen-bond donors (Lipinski definition) is 1. The van der Waals surface area contributed by atoms with Gasteiger partial charge >= 0.3 is 6.18 Å². The van der Waals surface area contributed by atoms with Crippen molar-refractivity contribution in [3.63, 3.8) is 0 Å². The van der Waals surface area contributed by atoms with Gasteiger partial charge in [-0.1, -0.05) is 47.0 Å². The Bertz CT molecular complexity index is 1770. The number of alkyl halides is 3. The zero-order valence-electron chi connectivity index (χ0n) is 22.6. The van der Waals surface area contributed by atoms with E-state index >= 15 is 0 Å². The Hall–Kier alpha value is -3.80. The Morgan fingerprint density at radius 1 is 1.00 bits per heavy atom. The van der Waals surface area contributed by atoms with E-state index < -0.39 is 44.9 Å². The fourth-order valence-corrected chi connectivity index (χ4v) is 6.13.